The van der Waals surface area contributed by atoms with Gasteiger partial charge in [0.05, 0.1) is 48.5 Å². The van der Waals surface area contributed by atoms with Crippen LogP contribution in [0.5, 0.6) is 0 Å². The number of likely N-dealkylation sites (tertiary alicyclic amines) is 3. The third-order valence-electron chi connectivity index (χ3n) is 20.8. The van der Waals surface area contributed by atoms with Crippen LogP contribution in [0.3, 0.4) is 0 Å². The number of aliphatic carboxylic acids is 2. The van der Waals surface area contributed by atoms with Gasteiger partial charge in [-0.2, -0.15) is 13.2 Å². The highest BCUT2D eigenvalue weighted by atomic mass is 35.5. The Labute approximate surface area is 560 Å². The average molecular weight is 1360 g/mol. The van der Waals surface area contributed by atoms with E-state index in [9.17, 15) is 50.6 Å². The monoisotopic (exact) mass is 1360 g/mol. The Morgan fingerprint density at radius 2 is 1.03 bits per heavy atom. The average Bonchev–Trinajstić information content (AvgIpc) is 0.949. The molecule has 4 aliphatic heterocycles. The fourth-order valence-electron chi connectivity index (χ4n) is 15.7. The van der Waals surface area contributed by atoms with Crippen molar-refractivity contribution in [2.75, 3.05) is 52.4 Å². The van der Waals surface area contributed by atoms with Crippen LogP contribution < -0.4 is 10.2 Å². The summed E-state index contributed by atoms with van der Waals surface area (Å²) < 4.78 is 87.4. The number of carboxylic acids is 2. The fraction of sp³-hybridized carbons (Fsp3) is 0.597. The molecule has 10 rings (SSSR count). The van der Waals surface area contributed by atoms with Gasteiger partial charge in [-0.15, -0.1) is 0 Å². The van der Waals surface area contributed by atoms with Gasteiger partial charge in [0.1, 0.15) is 23.3 Å². The molecular formula is C72H96Cl2F7N6O7+. The fourth-order valence-corrected chi connectivity index (χ4v) is 16.0. The van der Waals surface area contributed by atoms with Crippen LogP contribution in [0.4, 0.5) is 30.7 Å². The number of halogens is 9. The molecule has 0 saturated carbocycles. The molecule has 13 nitrogen and oxygen atoms in total. The molecule has 4 N–H and O–H groups in total. The second kappa shape index (κ2) is 29.9. The minimum absolute atomic E-state index is 0.0212. The van der Waals surface area contributed by atoms with Crippen molar-refractivity contribution in [1.82, 2.24) is 24.9 Å². The van der Waals surface area contributed by atoms with Gasteiger partial charge in [0.15, 0.2) is 0 Å². The Kier molecular flexibility index (Phi) is 24.0. The number of nitrogens with one attached hydrogen (secondary N) is 2. The molecule has 4 aromatic carbocycles. The summed E-state index contributed by atoms with van der Waals surface area (Å²) >= 11 is 13.1. The molecule has 2 unspecified atom stereocenters. The van der Waals surface area contributed by atoms with Crippen LogP contribution in [0.2, 0.25) is 10.0 Å². The second-order valence-electron chi connectivity index (χ2n) is 29.4. The standard InChI is InChI=1S/C35H46ClF2N3O2.C20H29ClN2O.C15H19F2NO2.C2HF3O2/c1-21(2)41(23(4)42)32-10-11-35(29-16-22(3)30(36)18-26(29)32)12-14-39(15-13-35)33(43)28-20-40(34(5,6)7)19-27(28)25-9-8-24(37)17-31(25)38;1-13(2)23(15(4)24)19-5-6-20(7-9-22-10-8-20)17-11-14(3)18(21)12-16(17)19;1-15(2,3)18-7-11(12(8-18)14(19)20)10-5-4-9(16)6-13(10)17;3-2(4,5)1(6)7/h8-9,16-18,21,27-28,32H,10-15,19-20H2,1-7H3;11-13,19,22H,5-10H2,1-4H3;4-6,11-12H,7-8H2,1-3H3,(H,19,20);(H,6,7)/p+1/t27-,28?,32-;19-;11-,12+;/m010./s1. The normalized spacial score (nSPS) is 23.2. The molecule has 2 aliphatic carbocycles. The lowest BCUT2D eigenvalue weighted by Crippen LogP contribution is -3.17. The van der Waals surface area contributed by atoms with E-state index in [1.54, 1.807) is 13.8 Å². The van der Waals surface area contributed by atoms with Crippen molar-refractivity contribution >= 4 is 52.9 Å². The van der Waals surface area contributed by atoms with E-state index in [1.165, 1.54) is 58.7 Å². The molecule has 4 saturated heterocycles. The zero-order valence-corrected chi connectivity index (χ0v) is 58.3. The van der Waals surface area contributed by atoms with Gasteiger partial charge in [-0.1, -0.05) is 47.5 Å². The van der Waals surface area contributed by atoms with Crippen molar-refractivity contribution in [2.45, 2.75) is 212 Å². The lowest BCUT2D eigenvalue weighted by molar-refractivity contribution is -0.936. The van der Waals surface area contributed by atoms with Crippen LogP contribution in [0.1, 0.15) is 203 Å². The topological polar surface area (TPSA) is 155 Å². The summed E-state index contributed by atoms with van der Waals surface area (Å²) in [7, 11) is 0. The van der Waals surface area contributed by atoms with Crippen molar-refractivity contribution in [3.63, 3.8) is 0 Å². The quantitative estimate of drug-likeness (QED) is 0.126. The predicted octanol–water partition coefficient (Wildman–Crippen LogP) is 13.8. The lowest BCUT2D eigenvalue weighted by Gasteiger charge is -2.50. The molecule has 94 heavy (non-hydrogen) atoms. The maximum atomic E-state index is 15.0. The maximum absolute atomic E-state index is 15.0. The number of fused-ring (bicyclic) bond motifs is 4. The maximum Gasteiger partial charge on any atom is 0.490 e. The van der Waals surface area contributed by atoms with Gasteiger partial charge in [0.2, 0.25) is 17.7 Å². The van der Waals surface area contributed by atoms with E-state index >= 15 is 4.39 Å². The number of nitrogens with zero attached hydrogens (tertiary/aromatic N) is 4. The second-order valence-corrected chi connectivity index (χ2v) is 30.2. The number of amides is 3. The molecule has 4 heterocycles. The third-order valence-corrected chi connectivity index (χ3v) is 21.6. The molecule has 6 aliphatic rings. The third kappa shape index (κ3) is 16.9. The minimum atomic E-state index is -5.08. The first-order valence-corrected chi connectivity index (χ1v) is 33.6. The number of piperidine rings is 2. The van der Waals surface area contributed by atoms with Crippen LogP contribution in [0, 0.1) is 49.0 Å². The molecule has 0 aromatic heterocycles. The Morgan fingerprint density at radius 1 is 0.606 bits per heavy atom. The number of benzene rings is 4. The minimum Gasteiger partial charge on any atom is -0.481 e. The number of quaternary nitrogens is 1. The zero-order valence-electron chi connectivity index (χ0n) is 56.8. The van der Waals surface area contributed by atoms with Gasteiger partial charge in [-0.3, -0.25) is 24.1 Å². The van der Waals surface area contributed by atoms with Gasteiger partial charge in [0.25, 0.3) is 0 Å². The van der Waals surface area contributed by atoms with Crippen molar-refractivity contribution in [2.24, 2.45) is 11.8 Å². The van der Waals surface area contributed by atoms with E-state index < -0.39 is 53.2 Å². The number of hydrogen-bond acceptors (Lipinski definition) is 7. The number of alkyl halides is 3. The van der Waals surface area contributed by atoms with Crippen LogP contribution in [-0.4, -0.2) is 141 Å². The molecule has 4 fully saturated rings. The molecular weight excluding hydrogens is 1260 g/mol. The van der Waals surface area contributed by atoms with Crippen molar-refractivity contribution in [3.8, 4) is 0 Å². The summed E-state index contributed by atoms with van der Waals surface area (Å²) in [6.45, 7) is 33.7. The zero-order chi connectivity index (χ0) is 70.1. The van der Waals surface area contributed by atoms with E-state index in [2.05, 4.69) is 85.0 Å². The summed E-state index contributed by atoms with van der Waals surface area (Å²) in [5.41, 5.74) is 7.91. The Balaban J connectivity index is 0.000000206. The number of carboxylic acid groups (broad SMARTS) is 2. The van der Waals surface area contributed by atoms with Crippen molar-refractivity contribution < 1.29 is 69.8 Å². The SMILES string of the molecule is CC(=O)N(C(C)C)[C@@H]1CCC2(CCNCC2)c2cc(C)c(Cl)cc21.CC(=O)N(C(C)C)[C@H]1CCC2(CCN(C(=O)C3C[NH+](C(C)(C)C)C[C@H]3c3ccc(F)cc3F)CC2)c2cc(C)c(Cl)cc21.CC(C)(C)N1C[C@@H](C(=O)O)[C@H](c2ccc(F)cc2F)C1.O=C(O)C(F)(F)F. The summed E-state index contributed by atoms with van der Waals surface area (Å²) in [5, 5.41) is 21.5. The molecule has 7 atom stereocenters. The molecule has 4 aromatic rings. The largest absolute Gasteiger partial charge is 0.490 e. The van der Waals surface area contributed by atoms with E-state index in [-0.39, 0.29) is 81.2 Å². The van der Waals surface area contributed by atoms with Gasteiger partial charge in [0, 0.05) is 85.7 Å². The van der Waals surface area contributed by atoms with Gasteiger partial charge >= 0.3 is 18.1 Å². The molecule has 0 bridgehead atoms. The number of rotatable bonds is 8. The van der Waals surface area contributed by atoms with E-state index in [0.717, 1.165) is 85.5 Å². The Hall–Kier alpha value is -5.80. The first-order valence-electron chi connectivity index (χ1n) is 32.8. The smallest absolute Gasteiger partial charge is 0.481 e. The van der Waals surface area contributed by atoms with Crippen LogP contribution in [0.25, 0.3) is 0 Å². The first-order chi connectivity index (χ1) is 43.6. The summed E-state index contributed by atoms with van der Waals surface area (Å²) in [6, 6.07) is 16.2. The van der Waals surface area contributed by atoms with Gasteiger partial charge in [-0.25, -0.2) is 22.4 Å². The predicted molar refractivity (Wildman–Crippen MR) is 351 cm³/mol. The summed E-state index contributed by atoms with van der Waals surface area (Å²) in [4.78, 5) is 68.8. The Morgan fingerprint density at radius 3 is 1.40 bits per heavy atom. The van der Waals surface area contributed by atoms with Crippen LogP contribution >= 0.6 is 23.2 Å². The van der Waals surface area contributed by atoms with Gasteiger partial charge in [-0.05, 0) is 227 Å². The Bertz CT molecular complexity index is 3410. The molecule has 518 valence electrons. The summed E-state index contributed by atoms with van der Waals surface area (Å²) in [5.74, 6) is -7.68. The number of aryl methyl sites for hydroxylation is 2. The van der Waals surface area contributed by atoms with Gasteiger partial charge < -0.3 is 35.1 Å². The van der Waals surface area contributed by atoms with Crippen molar-refractivity contribution in [3.05, 3.63) is 138 Å². The number of hydrogen-bond donors (Lipinski definition) is 4. The van der Waals surface area contributed by atoms with Crippen LogP contribution in [0.15, 0.2) is 60.7 Å². The van der Waals surface area contributed by atoms with Crippen LogP contribution in [-0.2, 0) is 34.8 Å². The highest BCUT2D eigenvalue weighted by molar-refractivity contribution is 6.31. The molecule has 22 heteroatoms. The number of carbonyl (C=O) groups is 5. The summed E-state index contributed by atoms with van der Waals surface area (Å²) in [6.07, 6.45) is 2.92. The first kappa shape index (κ1) is 75.6. The van der Waals surface area contributed by atoms with E-state index in [4.69, 9.17) is 33.1 Å². The molecule has 2 spiro atoms. The van der Waals surface area contributed by atoms with E-state index in [1.807, 2.05) is 47.3 Å². The van der Waals surface area contributed by atoms with E-state index in [0.29, 0.717) is 49.9 Å². The number of carbonyl (C=O) groups excluding carboxylic acids is 3. The molecule has 3 amide bonds. The molecule has 0 radical (unpaired) electrons. The van der Waals surface area contributed by atoms with Crippen molar-refractivity contribution in [1.29, 1.82) is 0 Å². The highest BCUT2D eigenvalue weighted by Crippen LogP contribution is 2.53. The highest BCUT2D eigenvalue weighted by Gasteiger charge is 2.51. The lowest BCUT2D eigenvalue weighted by atomic mass is 9.63.